The zero-order valence-corrected chi connectivity index (χ0v) is 16.2. The molecule has 2 amide bonds. The number of fused-ring (bicyclic) bond motifs is 2. The van der Waals surface area contributed by atoms with Gasteiger partial charge in [-0.2, -0.15) is 0 Å². The molecule has 10 heteroatoms. The standard InChI is InChI=1S/C18H14N4O4S2/c1-9(15-17(24)19-11-4-2-3-5-13(11)27-15)16(23)21-18-20-12-7-6-10(22(25)26)8-14(12)28-18/h2-9,15H,1H3,(H,19,24)(H,20,21,23). The van der Waals surface area contributed by atoms with Gasteiger partial charge >= 0.3 is 0 Å². The first-order valence-corrected chi connectivity index (χ1v) is 10.0. The number of carbonyl (C=O) groups is 2. The number of rotatable bonds is 4. The molecule has 0 saturated carbocycles. The van der Waals surface area contributed by atoms with Crippen LogP contribution in [0.15, 0.2) is 47.4 Å². The molecule has 0 spiro atoms. The Kier molecular flexibility index (Phi) is 4.73. The minimum Gasteiger partial charge on any atom is -0.324 e. The highest BCUT2D eigenvalue weighted by atomic mass is 32.2. The van der Waals surface area contributed by atoms with Gasteiger partial charge in [-0.15, -0.1) is 11.8 Å². The molecular formula is C18H14N4O4S2. The highest BCUT2D eigenvalue weighted by Crippen LogP contribution is 2.38. The van der Waals surface area contributed by atoms with Gasteiger partial charge in [0.1, 0.15) is 0 Å². The number of para-hydroxylation sites is 1. The van der Waals surface area contributed by atoms with Gasteiger partial charge in [0, 0.05) is 17.0 Å². The topological polar surface area (TPSA) is 114 Å². The van der Waals surface area contributed by atoms with E-state index >= 15 is 0 Å². The number of aromatic nitrogens is 1. The number of non-ortho nitro benzene ring substituents is 1. The van der Waals surface area contributed by atoms with Crippen molar-refractivity contribution in [2.24, 2.45) is 5.92 Å². The van der Waals surface area contributed by atoms with Crippen LogP contribution < -0.4 is 10.6 Å². The van der Waals surface area contributed by atoms with E-state index in [0.29, 0.717) is 15.3 Å². The van der Waals surface area contributed by atoms with E-state index in [1.165, 1.54) is 23.9 Å². The van der Waals surface area contributed by atoms with E-state index < -0.39 is 16.1 Å². The van der Waals surface area contributed by atoms with E-state index in [0.717, 1.165) is 21.9 Å². The quantitative estimate of drug-likeness (QED) is 0.494. The summed E-state index contributed by atoms with van der Waals surface area (Å²) >= 11 is 2.51. The number of hydrogen-bond donors (Lipinski definition) is 2. The van der Waals surface area contributed by atoms with E-state index in [1.807, 2.05) is 24.3 Å². The van der Waals surface area contributed by atoms with Gasteiger partial charge in [0.05, 0.1) is 32.0 Å². The predicted molar refractivity (Wildman–Crippen MR) is 109 cm³/mol. The monoisotopic (exact) mass is 414 g/mol. The first kappa shape index (κ1) is 18.4. The van der Waals surface area contributed by atoms with Gasteiger partial charge in [-0.1, -0.05) is 30.4 Å². The number of nitrogens with one attached hydrogen (secondary N) is 2. The molecule has 1 aromatic heterocycles. The second-order valence-electron chi connectivity index (χ2n) is 6.23. The van der Waals surface area contributed by atoms with Crippen molar-refractivity contribution in [1.82, 2.24) is 4.98 Å². The number of thioether (sulfide) groups is 1. The number of benzene rings is 2. The van der Waals surface area contributed by atoms with Gasteiger partial charge in [-0.05, 0) is 18.2 Å². The number of carbonyl (C=O) groups excluding carboxylic acids is 2. The summed E-state index contributed by atoms with van der Waals surface area (Å²) in [5.41, 5.74) is 1.28. The number of amides is 2. The Morgan fingerprint density at radius 2 is 2.11 bits per heavy atom. The molecule has 2 aromatic carbocycles. The summed E-state index contributed by atoms with van der Waals surface area (Å²) in [6.07, 6.45) is 0. The molecule has 2 atom stereocenters. The molecule has 3 aromatic rings. The molecule has 142 valence electrons. The Morgan fingerprint density at radius 3 is 2.89 bits per heavy atom. The molecule has 0 fully saturated rings. The van der Waals surface area contributed by atoms with Crippen LogP contribution in [0.5, 0.6) is 0 Å². The number of thiazole rings is 1. The molecule has 0 bridgehead atoms. The largest absolute Gasteiger partial charge is 0.324 e. The minimum atomic E-state index is -0.597. The third kappa shape index (κ3) is 3.43. The van der Waals surface area contributed by atoms with Crippen LogP contribution in [0.2, 0.25) is 0 Å². The highest BCUT2D eigenvalue weighted by Gasteiger charge is 2.35. The molecule has 8 nitrogen and oxygen atoms in total. The number of nitro groups is 1. The molecular weight excluding hydrogens is 400 g/mol. The van der Waals surface area contributed by atoms with Gasteiger partial charge in [0.15, 0.2) is 5.13 Å². The van der Waals surface area contributed by atoms with E-state index in [1.54, 1.807) is 13.0 Å². The van der Waals surface area contributed by atoms with Gasteiger partial charge in [-0.25, -0.2) is 4.98 Å². The summed E-state index contributed by atoms with van der Waals surface area (Å²) in [5, 5.41) is 16.2. The fraction of sp³-hybridized carbons (Fsp3) is 0.167. The van der Waals surface area contributed by atoms with Crippen LogP contribution in [0.4, 0.5) is 16.5 Å². The van der Waals surface area contributed by atoms with Gasteiger partial charge in [0.25, 0.3) is 5.69 Å². The van der Waals surface area contributed by atoms with Crippen molar-refractivity contribution in [1.29, 1.82) is 0 Å². The molecule has 2 N–H and O–H groups in total. The van der Waals surface area contributed by atoms with Crippen LogP contribution in [-0.2, 0) is 9.59 Å². The first-order valence-electron chi connectivity index (χ1n) is 8.35. The van der Waals surface area contributed by atoms with Crippen molar-refractivity contribution < 1.29 is 14.5 Å². The fourth-order valence-corrected chi connectivity index (χ4v) is 4.91. The Hall–Kier alpha value is -2.98. The van der Waals surface area contributed by atoms with E-state index in [4.69, 9.17) is 0 Å². The molecule has 1 aliphatic rings. The van der Waals surface area contributed by atoms with Crippen LogP contribution in [0, 0.1) is 16.0 Å². The maximum atomic E-state index is 12.7. The third-order valence-electron chi connectivity index (χ3n) is 4.34. The van der Waals surface area contributed by atoms with Crippen LogP contribution in [0.25, 0.3) is 10.2 Å². The lowest BCUT2D eigenvalue weighted by Gasteiger charge is -2.27. The normalized spacial score (nSPS) is 16.9. The summed E-state index contributed by atoms with van der Waals surface area (Å²) in [7, 11) is 0. The van der Waals surface area contributed by atoms with Crippen molar-refractivity contribution in [2.45, 2.75) is 17.1 Å². The van der Waals surface area contributed by atoms with Crippen molar-refractivity contribution in [3.8, 4) is 0 Å². The summed E-state index contributed by atoms with van der Waals surface area (Å²) in [6.45, 7) is 1.69. The summed E-state index contributed by atoms with van der Waals surface area (Å²) in [6, 6.07) is 11.8. The molecule has 1 aliphatic heterocycles. The smallest absolute Gasteiger partial charge is 0.270 e. The Labute approximate surface area is 167 Å². The van der Waals surface area contributed by atoms with Crippen LogP contribution >= 0.6 is 23.1 Å². The summed E-state index contributed by atoms with van der Waals surface area (Å²) in [5.74, 6) is -1.15. The second-order valence-corrected chi connectivity index (χ2v) is 8.44. The Bertz CT molecular complexity index is 1110. The second kappa shape index (κ2) is 7.21. The molecule has 4 rings (SSSR count). The van der Waals surface area contributed by atoms with Crippen molar-refractivity contribution in [3.05, 3.63) is 52.6 Å². The lowest BCUT2D eigenvalue weighted by molar-refractivity contribution is -0.384. The predicted octanol–water partition coefficient (Wildman–Crippen LogP) is 3.89. The zero-order chi connectivity index (χ0) is 19.8. The van der Waals surface area contributed by atoms with Crippen molar-refractivity contribution >= 4 is 61.6 Å². The van der Waals surface area contributed by atoms with Crippen LogP contribution in [0.3, 0.4) is 0 Å². The summed E-state index contributed by atoms with van der Waals surface area (Å²) < 4.78 is 0.607. The molecule has 0 radical (unpaired) electrons. The molecule has 28 heavy (non-hydrogen) atoms. The average Bonchev–Trinajstić information content (AvgIpc) is 3.08. The Morgan fingerprint density at radius 1 is 1.32 bits per heavy atom. The molecule has 0 saturated heterocycles. The zero-order valence-electron chi connectivity index (χ0n) is 14.5. The van der Waals surface area contributed by atoms with Gasteiger partial charge < -0.3 is 10.6 Å². The van der Waals surface area contributed by atoms with E-state index in [2.05, 4.69) is 15.6 Å². The van der Waals surface area contributed by atoms with Crippen LogP contribution in [-0.4, -0.2) is 27.0 Å². The van der Waals surface area contributed by atoms with Crippen molar-refractivity contribution in [2.75, 3.05) is 10.6 Å². The van der Waals surface area contributed by atoms with E-state index in [-0.39, 0.29) is 17.5 Å². The van der Waals surface area contributed by atoms with Gasteiger partial charge in [0.2, 0.25) is 11.8 Å². The number of hydrogen-bond acceptors (Lipinski definition) is 7. The molecule has 2 unspecified atom stereocenters. The highest BCUT2D eigenvalue weighted by molar-refractivity contribution is 8.01. The lowest BCUT2D eigenvalue weighted by Crippen LogP contribution is -2.39. The van der Waals surface area contributed by atoms with Crippen LogP contribution in [0.1, 0.15) is 6.92 Å². The molecule has 2 heterocycles. The lowest BCUT2D eigenvalue weighted by atomic mass is 10.1. The number of nitro benzene ring substituents is 1. The maximum absolute atomic E-state index is 12.7. The maximum Gasteiger partial charge on any atom is 0.270 e. The average molecular weight is 414 g/mol. The first-order chi connectivity index (χ1) is 13.4. The Balaban J connectivity index is 1.51. The number of anilines is 2. The number of nitrogens with zero attached hydrogens (tertiary/aromatic N) is 2. The summed E-state index contributed by atoms with van der Waals surface area (Å²) in [4.78, 5) is 40.7. The fourth-order valence-electron chi connectivity index (χ4n) is 2.83. The van der Waals surface area contributed by atoms with Crippen molar-refractivity contribution in [3.63, 3.8) is 0 Å². The van der Waals surface area contributed by atoms with E-state index in [9.17, 15) is 19.7 Å². The SMILES string of the molecule is CC(C(=O)Nc1nc2ccc([N+](=O)[O-])cc2s1)C1Sc2ccccc2NC1=O. The molecule has 0 aliphatic carbocycles. The minimum absolute atomic E-state index is 0.0312. The van der Waals surface area contributed by atoms with Gasteiger partial charge in [-0.3, -0.25) is 19.7 Å². The third-order valence-corrected chi connectivity index (χ3v) is 6.76.